The molecule has 2 rings (SSSR count). The zero-order valence-electron chi connectivity index (χ0n) is 12.3. The summed E-state index contributed by atoms with van der Waals surface area (Å²) in [6.45, 7) is 8.04. The Labute approximate surface area is 115 Å². The van der Waals surface area contributed by atoms with E-state index in [1.165, 1.54) is 19.3 Å². The molecule has 0 bridgehead atoms. The molecule has 0 radical (unpaired) electrons. The Morgan fingerprint density at radius 1 is 1.21 bits per heavy atom. The van der Waals surface area contributed by atoms with Gasteiger partial charge in [0.25, 0.3) is 0 Å². The monoisotopic (exact) mass is 266 g/mol. The second kappa shape index (κ2) is 6.04. The molecule has 1 aliphatic heterocycles. The Hall–Kier alpha value is -0.900. The number of amides is 1. The summed E-state index contributed by atoms with van der Waals surface area (Å²) in [6.07, 6.45) is 4.00. The fourth-order valence-corrected chi connectivity index (χ4v) is 3.62. The number of Topliss-reactive ketones (excluding diaryl/α,β-unsaturated/α-hetero) is 1. The summed E-state index contributed by atoms with van der Waals surface area (Å²) < 4.78 is 0. The second-order valence-electron chi connectivity index (χ2n) is 6.54. The molecular weight excluding hydrogens is 240 g/mol. The van der Waals surface area contributed by atoms with Crippen molar-refractivity contribution in [1.82, 2.24) is 10.2 Å². The van der Waals surface area contributed by atoms with Crippen LogP contribution < -0.4 is 5.32 Å². The van der Waals surface area contributed by atoms with Gasteiger partial charge in [-0.1, -0.05) is 20.3 Å². The summed E-state index contributed by atoms with van der Waals surface area (Å²) >= 11 is 0. The van der Waals surface area contributed by atoms with Gasteiger partial charge >= 0.3 is 0 Å². The van der Waals surface area contributed by atoms with Crippen molar-refractivity contribution >= 4 is 11.7 Å². The third kappa shape index (κ3) is 3.56. The molecule has 0 aromatic rings. The van der Waals surface area contributed by atoms with Crippen molar-refractivity contribution in [3.63, 3.8) is 0 Å². The molecular formula is C15H26N2O2. The van der Waals surface area contributed by atoms with E-state index >= 15 is 0 Å². The predicted octanol–water partition coefficient (Wildman–Crippen LogP) is 1.45. The van der Waals surface area contributed by atoms with Crippen LogP contribution in [0.15, 0.2) is 0 Å². The number of nitrogens with one attached hydrogen (secondary N) is 1. The fraction of sp³-hybridized carbons (Fsp3) is 0.867. The summed E-state index contributed by atoms with van der Waals surface area (Å²) in [6, 6.07) is -0.338. The van der Waals surface area contributed by atoms with Gasteiger partial charge < -0.3 is 5.32 Å². The van der Waals surface area contributed by atoms with Crippen molar-refractivity contribution in [3.05, 3.63) is 0 Å². The second-order valence-corrected chi connectivity index (χ2v) is 6.54. The van der Waals surface area contributed by atoms with Gasteiger partial charge in [0.05, 0.1) is 12.6 Å². The maximum Gasteiger partial charge on any atom is 0.234 e. The van der Waals surface area contributed by atoms with Crippen LogP contribution in [-0.4, -0.2) is 42.3 Å². The minimum Gasteiger partial charge on any atom is -0.345 e. The molecule has 1 heterocycles. The number of carbonyl (C=O) groups excluding carboxylic acids is 2. The summed E-state index contributed by atoms with van der Waals surface area (Å²) in [5.41, 5.74) is 0. The molecule has 1 N–H and O–H groups in total. The van der Waals surface area contributed by atoms with E-state index in [4.69, 9.17) is 0 Å². The van der Waals surface area contributed by atoms with Crippen molar-refractivity contribution in [1.29, 1.82) is 0 Å². The minimum atomic E-state index is -0.338. The SMILES string of the molecule is CC(=O)C(NC(=O)CN1CC2CCCC2C1)C(C)C. The molecule has 2 aliphatic rings. The molecule has 0 spiro atoms. The van der Waals surface area contributed by atoms with E-state index in [0.717, 1.165) is 24.9 Å². The first-order valence-corrected chi connectivity index (χ1v) is 7.49. The van der Waals surface area contributed by atoms with Crippen LogP contribution in [0, 0.1) is 17.8 Å². The first-order valence-electron chi connectivity index (χ1n) is 7.49. The largest absolute Gasteiger partial charge is 0.345 e. The maximum absolute atomic E-state index is 12.0. The highest BCUT2D eigenvalue weighted by Crippen LogP contribution is 2.37. The van der Waals surface area contributed by atoms with Crippen LogP contribution in [0.4, 0.5) is 0 Å². The number of ketones is 1. The number of rotatable bonds is 5. The van der Waals surface area contributed by atoms with Crippen molar-refractivity contribution in [2.24, 2.45) is 17.8 Å². The van der Waals surface area contributed by atoms with Gasteiger partial charge in [-0.2, -0.15) is 0 Å². The average Bonchev–Trinajstić information content (AvgIpc) is 2.85. The third-order valence-electron chi connectivity index (χ3n) is 4.59. The predicted molar refractivity (Wildman–Crippen MR) is 74.7 cm³/mol. The number of fused-ring (bicyclic) bond motifs is 1. The molecule has 3 atom stereocenters. The van der Waals surface area contributed by atoms with Crippen LogP contribution in [-0.2, 0) is 9.59 Å². The van der Waals surface area contributed by atoms with Gasteiger partial charge in [-0.05, 0) is 37.5 Å². The lowest BCUT2D eigenvalue weighted by Crippen LogP contribution is -2.47. The molecule has 3 unspecified atom stereocenters. The van der Waals surface area contributed by atoms with Gasteiger partial charge in [0, 0.05) is 13.1 Å². The zero-order valence-corrected chi connectivity index (χ0v) is 12.3. The van der Waals surface area contributed by atoms with Gasteiger partial charge in [0.1, 0.15) is 0 Å². The fourth-order valence-electron chi connectivity index (χ4n) is 3.62. The molecule has 1 saturated carbocycles. The summed E-state index contributed by atoms with van der Waals surface area (Å²) in [5.74, 6) is 1.80. The van der Waals surface area contributed by atoms with Gasteiger partial charge in [-0.3, -0.25) is 14.5 Å². The summed E-state index contributed by atoms with van der Waals surface area (Å²) in [7, 11) is 0. The molecule has 0 aromatic heterocycles. The molecule has 2 fully saturated rings. The number of hydrogen-bond donors (Lipinski definition) is 1. The first-order chi connectivity index (χ1) is 8.97. The maximum atomic E-state index is 12.0. The Bertz CT molecular complexity index is 342. The van der Waals surface area contributed by atoms with Gasteiger partial charge in [0.2, 0.25) is 5.91 Å². The highest BCUT2D eigenvalue weighted by molar-refractivity contribution is 5.88. The molecule has 4 nitrogen and oxygen atoms in total. The standard InChI is InChI=1S/C15H26N2O2/c1-10(2)15(11(3)18)16-14(19)9-17-7-12-5-4-6-13(12)8-17/h10,12-13,15H,4-9H2,1-3H3,(H,16,19). The average molecular weight is 266 g/mol. The van der Waals surface area contributed by atoms with Crippen LogP contribution >= 0.6 is 0 Å². The zero-order chi connectivity index (χ0) is 14.0. The molecule has 1 amide bonds. The van der Waals surface area contributed by atoms with Crippen LogP contribution in [0.2, 0.25) is 0 Å². The van der Waals surface area contributed by atoms with Gasteiger partial charge in [-0.25, -0.2) is 0 Å². The van der Waals surface area contributed by atoms with E-state index in [1.807, 2.05) is 13.8 Å². The molecule has 108 valence electrons. The molecule has 1 aliphatic carbocycles. The normalized spacial score (nSPS) is 28.4. The Morgan fingerprint density at radius 2 is 1.79 bits per heavy atom. The van der Waals surface area contributed by atoms with E-state index in [0.29, 0.717) is 6.54 Å². The van der Waals surface area contributed by atoms with Crippen molar-refractivity contribution in [3.8, 4) is 0 Å². The first kappa shape index (κ1) is 14.5. The highest BCUT2D eigenvalue weighted by Gasteiger charge is 2.36. The van der Waals surface area contributed by atoms with E-state index in [-0.39, 0.29) is 23.7 Å². The van der Waals surface area contributed by atoms with Crippen LogP contribution in [0.5, 0.6) is 0 Å². The van der Waals surface area contributed by atoms with E-state index in [2.05, 4.69) is 10.2 Å². The van der Waals surface area contributed by atoms with Gasteiger partial charge in [0.15, 0.2) is 5.78 Å². The quantitative estimate of drug-likeness (QED) is 0.819. The third-order valence-corrected chi connectivity index (χ3v) is 4.59. The molecule has 19 heavy (non-hydrogen) atoms. The Balaban J connectivity index is 1.80. The lowest BCUT2D eigenvalue weighted by molar-refractivity contribution is -0.128. The lowest BCUT2D eigenvalue weighted by Gasteiger charge is -2.22. The van der Waals surface area contributed by atoms with E-state index in [9.17, 15) is 9.59 Å². The number of carbonyl (C=O) groups is 2. The topological polar surface area (TPSA) is 49.4 Å². The molecule has 4 heteroatoms. The van der Waals surface area contributed by atoms with Crippen molar-refractivity contribution < 1.29 is 9.59 Å². The minimum absolute atomic E-state index is 0.00567. The summed E-state index contributed by atoms with van der Waals surface area (Å²) in [4.78, 5) is 25.8. The summed E-state index contributed by atoms with van der Waals surface area (Å²) in [5, 5.41) is 2.88. The smallest absolute Gasteiger partial charge is 0.234 e. The van der Waals surface area contributed by atoms with E-state index in [1.54, 1.807) is 6.92 Å². The van der Waals surface area contributed by atoms with Crippen LogP contribution in [0.1, 0.15) is 40.0 Å². The lowest BCUT2D eigenvalue weighted by atomic mass is 10.0. The van der Waals surface area contributed by atoms with Crippen molar-refractivity contribution in [2.45, 2.75) is 46.1 Å². The van der Waals surface area contributed by atoms with E-state index < -0.39 is 0 Å². The Kier molecular flexibility index (Phi) is 4.61. The van der Waals surface area contributed by atoms with Crippen LogP contribution in [0.3, 0.4) is 0 Å². The number of hydrogen-bond acceptors (Lipinski definition) is 3. The molecule has 0 aromatic carbocycles. The van der Waals surface area contributed by atoms with Crippen LogP contribution in [0.25, 0.3) is 0 Å². The van der Waals surface area contributed by atoms with Crippen molar-refractivity contribution in [2.75, 3.05) is 19.6 Å². The Morgan fingerprint density at radius 3 is 2.26 bits per heavy atom. The van der Waals surface area contributed by atoms with Gasteiger partial charge in [-0.15, -0.1) is 0 Å². The number of nitrogens with zero attached hydrogens (tertiary/aromatic N) is 1. The number of likely N-dealkylation sites (tertiary alicyclic amines) is 1. The highest BCUT2D eigenvalue weighted by atomic mass is 16.2. The molecule has 1 saturated heterocycles.